The zero-order valence-electron chi connectivity index (χ0n) is 29.4. The number of rotatable bonds is 8. The van der Waals surface area contributed by atoms with Crippen molar-refractivity contribution in [3.8, 4) is 0 Å². The summed E-state index contributed by atoms with van der Waals surface area (Å²) in [4.78, 5) is 0. The van der Waals surface area contributed by atoms with Gasteiger partial charge in [0.25, 0.3) is 0 Å². The van der Waals surface area contributed by atoms with Gasteiger partial charge in [-0.25, -0.2) is 0 Å². The summed E-state index contributed by atoms with van der Waals surface area (Å²) < 4.78 is 0. The molecule has 8 aromatic carbocycles. The molecule has 0 aliphatic heterocycles. The Labute approximate surface area is 343 Å². The van der Waals surface area contributed by atoms with Gasteiger partial charge in [-0.05, 0) is 0 Å². The number of hydrogen-bond acceptors (Lipinski definition) is 0. The quantitative estimate of drug-likeness (QED) is 0.124. The van der Waals surface area contributed by atoms with E-state index in [-0.39, 0.29) is 47.0 Å². The van der Waals surface area contributed by atoms with E-state index < -0.39 is 12.3 Å². The van der Waals surface area contributed by atoms with Crippen molar-refractivity contribution in [2.24, 2.45) is 0 Å². The van der Waals surface area contributed by atoms with E-state index in [1.807, 2.05) is 0 Å². The summed E-state index contributed by atoms with van der Waals surface area (Å²) >= 11 is 0. The molecule has 0 spiro atoms. The minimum atomic E-state index is -1.22. The van der Waals surface area contributed by atoms with Crippen LogP contribution >= 0.6 is 24.0 Å². The molecule has 248 valence electrons. The van der Waals surface area contributed by atoms with Gasteiger partial charge < -0.3 is 0 Å². The number of halogens is 1. The molecule has 0 atom stereocenters. The SMILES string of the molecule is I.[Mg+2].c1ccc([B-](c2ccccc2)(c2ccccc2)c2ccccc2)cc1.c1ccc([B-](c2ccccc2)(c2ccccc2)c2ccccc2)cc1. The van der Waals surface area contributed by atoms with Crippen molar-refractivity contribution in [3.05, 3.63) is 243 Å². The minimum absolute atomic E-state index is 0. The predicted molar refractivity (Wildman–Crippen MR) is 241 cm³/mol. The van der Waals surface area contributed by atoms with Gasteiger partial charge in [-0.2, -0.15) is 43.7 Å². The molecule has 0 nitrogen and oxygen atoms in total. The van der Waals surface area contributed by atoms with Gasteiger partial charge in [0.1, 0.15) is 12.3 Å². The molecule has 0 aliphatic rings. The Hall–Kier alpha value is -4.61. The molecule has 0 amide bonds. The summed E-state index contributed by atoms with van der Waals surface area (Å²) in [7, 11) is 0. The Morgan fingerprint density at radius 2 is 0.269 bits per heavy atom. The third kappa shape index (κ3) is 7.75. The first kappa shape index (κ1) is 38.6. The van der Waals surface area contributed by atoms with E-state index in [1.54, 1.807) is 0 Å². The molecule has 8 rings (SSSR count). The second-order valence-electron chi connectivity index (χ2n) is 13.0. The summed E-state index contributed by atoms with van der Waals surface area (Å²) in [6, 6.07) is 87.1. The van der Waals surface area contributed by atoms with E-state index in [9.17, 15) is 0 Å². The normalized spacial score (nSPS) is 10.8. The zero-order valence-corrected chi connectivity index (χ0v) is 33.1. The molecule has 0 N–H and O–H groups in total. The Balaban J connectivity index is 0.000000194. The summed E-state index contributed by atoms with van der Waals surface area (Å²) in [5, 5.41) is 0. The Morgan fingerprint density at radius 3 is 0.365 bits per heavy atom. The topological polar surface area (TPSA) is 0 Å². The maximum Gasteiger partial charge on any atom is 2.00 e. The Bertz CT molecular complexity index is 1680. The van der Waals surface area contributed by atoms with Gasteiger partial charge in [-0.1, -0.05) is 243 Å². The average Bonchev–Trinajstić information content (AvgIpc) is 3.22. The van der Waals surface area contributed by atoms with Gasteiger partial charge >= 0.3 is 23.1 Å². The predicted octanol–water partition coefficient (Wildman–Crippen LogP) is 6.37. The van der Waals surface area contributed by atoms with Crippen molar-refractivity contribution >= 4 is 103 Å². The molecule has 0 bridgehead atoms. The molecule has 0 unspecified atom stereocenters. The van der Waals surface area contributed by atoms with Gasteiger partial charge in [0.15, 0.2) is 0 Å². The Kier molecular flexibility index (Phi) is 13.9. The van der Waals surface area contributed by atoms with Crippen LogP contribution in [0, 0.1) is 0 Å². The van der Waals surface area contributed by atoms with Crippen LogP contribution in [0.15, 0.2) is 243 Å². The molecule has 8 aromatic rings. The summed E-state index contributed by atoms with van der Waals surface area (Å²) in [5.74, 6) is 0. The van der Waals surface area contributed by atoms with Crippen molar-refractivity contribution in [2.45, 2.75) is 0 Å². The fraction of sp³-hybridized carbons (Fsp3) is 0. The maximum absolute atomic E-state index is 2.26. The van der Waals surface area contributed by atoms with Crippen LogP contribution in [0.25, 0.3) is 0 Å². The smallest absolute Gasteiger partial charge is 0.195 e. The van der Waals surface area contributed by atoms with Crippen LogP contribution in [0.4, 0.5) is 0 Å². The van der Waals surface area contributed by atoms with E-state index >= 15 is 0 Å². The van der Waals surface area contributed by atoms with Crippen LogP contribution in [0.5, 0.6) is 0 Å². The third-order valence-corrected chi connectivity index (χ3v) is 10.4. The van der Waals surface area contributed by atoms with E-state index in [0.29, 0.717) is 0 Å². The maximum atomic E-state index is 2.26. The van der Waals surface area contributed by atoms with Gasteiger partial charge in [0.05, 0.1) is 0 Å². The Morgan fingerprint density at radius 1 is 0.173 bits per heavy atom. The van der Waals surface area contributed by atoms with E-state index in [2.05, 4.69) is 243 Å². The molecule has 0 radical (unpaired) electrons. The van der Waals surface area contributed by atoms with Crippen LogP contribution in [0.1, 0.15) is 0 Å². The van der Waals surface area contributed by atoms with E-state index in [4.69, 9.17) is 0 Å². The van der Waals surface area contributed by atoms with Crippen molar-refractivity contribution in [1.82, 2.24) is 0 Å². The molecule has 0 aliphatic carbocycles. The minimum Gasteiger partial charge on any atom is -0.195 e. The monoisotopic (exact) mass is 790 g/mol. The average molecular weight is 791 g/mol. The molecule has 4 heteroatoms. The van der Waals surface area contributed by atoms with Crippen LogP contribution in [0.3, 0.4) is 0 Å². The first-order valence-electron chi connectivity index (χ1n) is 17.6. The van der Waals surface area contributed by atoms with Gasteiger partial charge in [-0.15, -0.1) is 24.0 Å². The zero-order chi connectivity index (χ0) is 33.9. The van der Waals surface area contributed by atoms with Gasteiger partial charge in [0.2, 0.25) is 0 Å². The molecule has 0 aromatic heterocycles. The standard InChI is InChI=1S/2C24H20B.HI.Mg/c2*1-5-13-21(14-6-1)25(22-15-7-2-8-16-22,23-17-9-3-10-18-23)24-19-11-4-12-20-24;;/h2*1-20H;1H;/q2*-1;;+2. The summed E-state index contributed by atoms with van der Waals surface area (Å²) in [6.45, 7) is 0. The second-order valence-corrected chi connectivity index (χ2v) is 13.0. The van der Waals surface area contributed by atoms with Crippen LogP contribution < -0.4 is 43.7 Å². The molecule has 0 fully saturated rings. The molecule has 0 saturated carbocycles. The summed E-state index contributed by atoms with van der Waals surface area (Å²) in [6.07, 6.45) is -2.43. The fourth-order valence-corrected chi connectivity index (χ4v) is 8.24. The summed E-state index contributed by atoms with van der Waals surface area (Å²) in [5.41, 5.74) is 10.7. The number of benzene rings is 8. The van der Waals surface area contributed by atoms with Crippen LogP contribution in [0.2, 0.25) is 0 Å². The van der Waals surface area contributed by atoms with Gasteiger partial charge in [-0.3, -0.25) is 0 Å². The molecular formula is C48H41B2IMg. The fourth-order valence-electron chi connectivity index (χ4n) is 8.24. The van der Waals surface area contributed by atoms with E-state index in [1.165, 1.54) is 43.7 Å². The van der Waals surface area contributed by atoms with Gasteiger partial charge in [0, 0.05) is 0 Å². The first-order chi connectivity index (χ1) is 24.8. The van der Waals surface area contributed by atoms with Crippen LogP contribution in [-0.2, 0) is 0 Å². The molecule has 52 heavy (non-hydrogen) atoms. The van der Waals surface area contributed by atoms with Crippen molar-refractivity contribution < 1.29 is 0 Å². The van der Waals surface area contributed by atoms with Crippen molar-refractivity contribution in [1.29, 1.82) is 0 Å². The molecule has 0 heterocycles. The van der Waals surface area contributed by atoms with Crippen molar-refractivity contribution in [2.75, 3.05) is 0 Å². The van der Waals surface area contributed by atoms with E-state index in [0.717, 1.165) is 0 Å². The largest absolute Gasteiger partial charge is 2.00 e. The third-order valence-electron chi connectivity index (χ3n) is 10.4. The van der Waals surface area contributed by atoms with Crippen LogP contribution in [-0.4, -0.2) is 35.3 Å². The second kappa shape index (κ2) is 18.8. The molecule has 0 saturated heterocycles. The van der Waals surface area contributed by atoms with Crippen molar-refractivity contribution in [3.63, 3.8) is 0 Å². The first-order valence-corrected chi connectivity index (χ1v) is 17.6. The molecular weight excluding hydrogens is 749 g/mol. The number of hydrogen-bond donors (Lipinski definition) is 0.